The number of aliphatic hydroxyl groups excluding tert-OH is 1. The average Bonchev–Trinajstić information content (AvgIpc) is 2.25. The number of phenols is 1. The van der Waals surface area contributed by atoms with Gasteiger partial charge in [-0.25, -0.2) is 0 Å². The Labute approximate surface area is 111 Å². The van der Waals surface area contributed by atoms with Gasteiger partial charge in [0.25, 0.3) is 0 Å². The lowest BCUT2D eigenvalue weighted by Crippen LogP contribution is -2.26. The number of aliphatic hydroxyl groups is 1. The highest BCUT2D eigenvalue weighted by Gasteiger charge is 2.08. The third kappa shape index (κ3) is 4.72. The molecule has 0 aliphatic carbocycles. The van der Waals surface area contributed by atoms with Crippen molar-refractivity contribution in [1.82, 2.24) is 5.32 Å². The van der Waals surface area contributed by atoms with Crippen molar-refractivity contribution in [2.45, 2.75) is 32.4 Å². The molecule has 1 unspecified atom stereocenters. The molecule has 0 bridgehead atoms. The molecule has 0 saturated heterocycles. The summed E-state index contributed by atoms with van der Waals surface area (Å²) in [5.74, 6) is 0.0357. The molecular formula is C12H17Cl2NO2. The highest BCUT2D eigenvalue weighted by atomic mass is 35.5. The number of aromatic hydroxyl groups is 1. The van der Waals surface area contributed by atoms with Crippen LogP contribution >= 0.6 is 23.2 Å². The lowest BCUT2D eigenvalue weighted by Gasteiger charge is -2.12. The van der Waals surface area contributed by atoms with Crippen LogP contribution in [0.25, 0.3) is 0 Å². The van der Waals surface area contributed by atoms with Crippen LogP contribution in [0.4, 0.5) is 0 Å². The van der Waals surface area contributed by atoms with Crippen molar-refractivity contribution in [2.24, 2.45) is 0 Å². The van der Waals surface area contributed by atoms with Crippen molar-refractivity contribution < 1.29 is 10.2 Å². The zero-order chi connectivity index (χ0) is 12.8. The predicted octanol–water partition coefficient (Wildman–Crippen LogP) is 2.95. The first-order valence-corrected chi connectivity index (χ1v) is 6.35. The molecule has 5 heteroatoms. The maximum atomic E-state index is 9.70. The minimum atomic E-state index is -0.364. The summed E-state index contributed by atoms with van der Waals surface area (Å²) in [5.41, 5.74) is 0.631. The number of phenolic OH excluding ortho intramolecular Hbond substituents is 1. The minimum absolute atomic E-state index is 0.0357. The molecule has 0 aliphatic rings. The topological polar surface area (TPSA) is 52.5 Å². The molecule has 0 heterocycles. The van der Waals surface area contributed by atoms with Gasteiger partial charge in [-0.05, 0) is 18.6 Å². The SMILES string of the molecule is CCCC(O)CNCc1cc(Cl)cc(Cl)c1O. The molecule has 1 rings (SSSR count). The first-order valence-electron chi connectivity index (χ1n) is 5.60. The first kappa shape index (κ1) is 14.6. The van der Waals surface area contributed by atoms with E-state index >= 15 is 0 Å². The van der Waals surface area contributed by atoms with Gasteiger partial charge in [-0.2, -0.15) is 0 Å². The van der Waals surface area contributed by atoms with Gasteiger partial charge in [-0.15, -0.1) is 0 Å². The van der Waals surface area contributed by atoms with Crippen LogP contribution in [0, 0.1) is 0 Å². The summed E-state index contributed by atoms with van der Waals surface area (Å²) in [5, 5.41) is 23.0. The fourth-order valence-corrected chi connectivity index (χ4v) is 2.10. The van der Waals surface area contributed by atoms with Gasteiger partial charge in [0.2, 0.25) is 0 Å². The quantitative estimate of drug-likeness (QED) is 0.750. The highest BCUT2D eigenvalue weighted by Crippen LogP contribution is 2.30. The molecular weight excluding hydrogens is 261 g/mol. The maximum absolute atomic E-state index is 9.70. The van der Waals surface area contributed by atoms with Gasteiger partial charge in [0.05, 0.1) is 11.1 Å². The van der Waals surface area contributed by atoms with Gasteiger partial charge >= 0.3 is 0 Å². The Morgan fingerprint density at radius 3 is 2.71 bits per heavy atom. The van der Waals surface area contributed by atoms with Gasteiger partial charge in [0.15, 0.2) is 0 Å². The molecule has 17 heavy (non-hydrogen) atoms. The van der Waals surface area contributed by atoms with Gasteiger partial charge in [-0.1, -0.05) is 36.5 Å². The van der Waals surface area contributed by atoms with E-state index in [9.17, 15) is 10.2 Å². The molecule has 0 aromatic heterocycles. The molecule has 0 fully saturated rings. The highest BCUT2D eigenvalue weighted by molar-refractivity contribution is 6.35. The average molecular weight is 278 g/mol. The summed E-state index contributed by atoms with van der Waals surface area (Å²) in [6, 6.07) is 3.15. The number of hydrogen-bond donors (Lipinski definition) is 3. The van der Waals surface area contributed by atoms with E-state index in [1.54, 1.807) is 6.07 Å². The largest absolute Gasteiger partial charge is 0.506 e. The van der Waals surface area contributed by atoms with E-state index in [0.717, 1.165) is 12.8 Å². The molecule has 3 N–H and O–H groups in total. The van der Waals surface area contributed by atoms with Crippen LogP contribution < -0.4 is 5.32 Å². The number of rotatable bonds is 6. The summed E-state index contributed by atoms with van der Waals surface area (Å²) in [6.45, 7) is 2.93. The van der Waals surface area contributed by atoms with E-state index in [1.165, 1.54) is 6.07 Å². The molecule has 0 amide bonds. The van der Waals surface area contributed by atoms with E-state index in [-0.39, 0.29) is 16.9 Å². The minimum Gasteiger partial charge on any atom is -0.506 e. The van der Waals surface area contributed by atoms with E-state index in [1.807, 2.05) is 6.92 Å². The van der Waals surface area contributed by atoms with Crippen LogP contribution in [0.5, 0.6) is 5.75 Å². The standard InChI is InChI=1S/C12H17Cl2NO2/c1-2-3-10(16)7-15-6-8-4-9(13)5-11(14)12(8)17/h4-5,10,15-17H,2-3,6-7H2,1H3. The second kappa shape index (κ2) is 7.07. The van der Waals surface area contributed by atoms with Crippen LogP contribution in [-0.4, -0.2) is 22.9 Å². The Hall–Kier alpha value is -0.480. The molecule has 1 aromatic rings. The molecule has 0 radical (unpaired) electrons. The monoisotopic (exact) mass is 277 g/mol. The third-order valence-electron chi connectivity index (χ3n) is 2.42. The van der Waals surface area contributed by atoms with Crippen LogP contribution in [0.3, 0.4) is 0 Å². The Morgan fingerprint density at radius 1 is 1.35 bits per heavy atom. The smallest absolute Gasteiger partial charge is 0.138 e. The Morgan fingerprint density at radius 2 is 2.06 bits per heavy atom. The van der Waals surface area contributed by atoms with Crippen LogP contribution in [0.1, 0.15) is 25.3 Å². The van der Waals surface area contributed by atoms with Gasteiger partial charge in [0.1, 0.15) is 5.75 Å². The van der Waals surface area contributed by atoms with E-state index in [2.05, 4.69) is 5.32 Å². The second-order valence-electron chi connectivity index (χ2n) is 3.97. The van der Waals surface area contributed by atoms with Crippen molar-refractivity contribution in [1.29, 1.82) is 0 Å². The van der Waals surface area contributed by atoms with Crippen LogP contribution in [0.2, 0.25) is 10.0 Å². The zero-order valence-corrected chi connectivity index (χ0v) is 11.2. The molecule has 0 spiro atoms. The maximum Gasteiger partial charge on any atom is 0.138 e. The molecule has 0 aliphatic heterocycles. The molecule has 3 nitrogen and oxygen atoms in total. The van der Waals surface area contributed by atoms with Gasteiger partial charge < -0.3 is 15.5 Å². The summed E-state index contributed by atoms with van der Waals surface area (Å²) in [4.78, 5) is 0. The van der Waals surface area contributed by atoms with E-state index in [4.69, 9.17) is 23.2 Å². The normalized spacial score (nSPS) is 12.7. The fourth-order valence-electron chi connectivity index (χ4n) is 1.56. The first-order chi connectivity index (χ1) is 8.04. The Balaban J connectivity index is 2.52. The van der Waals surface area contributed by atoms with Gasteiger partial charge in [0, 0.05) is 23.7 Å². The van der Waals surface area contributed by atoms with Crippen molar-refractivity contribution in [3.8, 4) is 5.75 Å². The summed E-state index contributed by atoms with van der Waals surface area (Å²) >= 11 is 11.6. The molecule has 1 atom stereocenters. The Kier molecular flexibility index (Phi) is 6.06. The van der Waals surface area contributed by atoms with Crippen molar-refractivity contribution in [3.63, 3.8) is 0 Å². The number of benzene rings is 1. The fraction of sp³-hybridized carbons (Fsp3) is 0.500. The van der Waals surface area contributed by atoms with E-state index in [0.29, 0.717) is 23.7 Å². The summed E-state index contributed by atoms with van der Waals surface area (Å²) in [7, 11) is 0. The predicted molar refractivity (Wildman–Crippen MR) is 70.7 cm³/mol. The number of halogens is 2. The summed E-state index contributed by atoms with van der Waals surface area (Å²) < 4.78 is 0. The molecule has 1 aromatic carbocycles. The van der Waals surface area contributed by atoms with Crippen molar-refractivity contribution in [2.75, 3.05) is 6.54 Å². The lowest BCUT2D eigenvalue weighted by molar-refractivity contribution is 0.160. The second-order valence-corrected chi connectivity index (χ2v) is 4.81. The van der Waals surface area contributed by atoms with Crippen molar-refractivity contribution in [3.05, 3.63) is 27.7 Å². The summed E-state index contributed by atoms with van der Waals surface area (Å²) in [6.07, 6.45) is 1.34. The van der Waals surface area contributed by atoms with E-state index < -0.39 is 0 Å². The number of hydrogen-bond acceptors (Lipinski definition) is 3. The molecule has 0 saturated carbocycles. The third-order valence-corrected chi connectivity index (χ3v) is 2.93. The van der Waals surface area contributed by atoms with Gasteiger partial charge in [-0.3, -0.25) is 0 Å². The zero-order valence-electron chi connectivity index (χ0n) is 9.71. The van der Waals surface area contributed by atoms with Crippen molar-refractivity contribution >= 4 is 23.2 Å². The van der Waals surface area contributed by atoms with Crippen LogP contribution in [0.15, 0.2) is 12.1 Å². The molecule has 96 valence electrons. The lowest BCUT2D eigenvalue weighted by atomic mass is 10.2. The van der Waals surface area contributed by atoms with Crippen LogP contribution in [-0.2, 0) is 6.54 Å². The Bertz CT molecular complexity index is 372. The number of nitrogens with one attached hydrogen (secondary N) is 1.